The molecule has 23 heavy (non-hydrogen) atoms. The van der Waals surface area contributed by atoms with Crippen molar-refractivity contribution in [2.45, 2.75) is 31.8 Å². The first-order valence-electron chi connectivity index (χ1n) is 7.99. The average molecular weight is 312 g/mol. The highest BCUT2D eigenvalue weighted by Crippen LogP contribution is 2.16. The van der Waals surface area contributed by atoms with Crippen molar-refractivity contribution < 1.29 is 9.53 Å². The van der Waals surface area contributed by atoms with Gasteiger partial charge >= 0.3 is 0 Å². The fourth-order valence-electron chi connectivity index (χ4n) is 2.32. The summed E-state index contributed by atoms with van der Waals surface area (Å²) in [5, 5.41) is 3.00. The molecule has 0 saturated heterocycles. The van der Waals surface area contributed by atoms with Crippen molar-refractivity contribution in [1.29, 1.82) is 0 Å². The molecule has 0 heterocycles. The van der Waals surface area contributed by atoms with Gasteiger partial charge < -0.3 is 15.8 Å². The molecule has 0 spiro atoms. The van der Waals surface area contributed by atoms with Crippen LogP contribution in [-0.2, 0) is 4.79 Å². The van der Waals surface area contributed by atoms with Crippen LogP contribution in [-0.4, -0.2) is 18.6 Å². The van der Waals surface area contributed by atoms with Crippen molar-refractivity contribution in [3.63, 3.8) is 0 Å². The van der Waals surface area contributed by atoms with Gasteiger partial charge in [0.1, 0.15) is 12.4 Å². The monoisotopic (exact) mass is 312 g/mol. The number of hydrogen-bond acceptors (Lipinski definition) is 3. The third kappa shape index (κ3) is 5.42. The predicted octanol–water partition coefficient (Wildman–Crippen LogP) is 3.05. The second-order valence-corrected chi connectivity index (χ2v) is 5.49. The number of benzene rings is 2. The van der Waals surface area contributed by atoms with Crippen molar-refractivity contribution in [2.75, 3.05) is 6.61 Å². The maximum Gasteiger partial charge on any atom is 0.237 e. The molecule has 0 aliphatic carbocycles. The van der Waals surface area contributed by atoms with Gasteiger partial charge in [0.15, 0.2) is 0 Å². The smallest absolute Gasteiger partial charge is 0.237 e. The molecule has 0 aliphatic rings. The zero-order valence-corrected chi connectivity index (χ0v) is 13.4. The van der Waals surface area contributed by atoms with E-state index in [2.05, 4.69) is 5.32 Å². The first kappa shape index (κ1) is 17.0. The van der Waals surface area contributed by atoms with Crippen LogP contribution in [0.5, 0.6) is 5.75 Å². The Morgan fingerprint density at radius 3 is 2.30 bits per heavy atom. The minimum atomic E-state index is -0.483. The summed E-state index contributed by atoms with van der Waals surface area (Å²) in [5.74, 6) is 0.637. The first-order chi connectivity index (χ1) is 11.2. The van der Waals surface area contributed by atoms with Gasteiger partial charge in [-0.1, -0.05) is 61.9 Å². The molecule has 2 unspecified atom stereocenters. The van der Waals surface area contributed by atoms with Crippen molar-refractivity contribution in [1.82, 2.24) is 5.32 Å². The topological polar surface area (TPSA) is 64.4 Å². The summed E-state index contributed by atoms with van der Waals surface area (Å²) in [7, 11) is 0. The molecule has 0 fully saturated rings. The summed E-state index contributed by atoms with van der Waals surface area (Å²) in [6, 6.07) is 18.7. The molecule has 2 atom stereocenters. The van der Waals surface area contributed by atoms with Crippen LogP contribution in [0.3, 0.4) is 0 Å². The van der Waals surface area contributed by atoms with Crippen LogP contribution >= 0.6 is 0 Å². The summed E-state index contributed by atoms with van der Waals surface area (Å²) in [4.78, 5) is 12.2. The van der Waals surface area contributed by atoms with Crippen molar-refractivity contribution in [3.8, 4) is 5.75 Å². The number of carbonyl (C=O) groups excluding carboxylic acids is 1. The zero-order valence-electron chi connectivity index (χ0n) is 13.4. The lowest BCUT2D eigenvalue weighted by atomic mass is 10.1. The second-order valence-electron chi connectivity index (χ2n) is 5.49. The van der Waals surface area contributed by atoms with Crippen LogP contribution in [0.2, 0.25) is 0 Å². The van der Waals surface area contributed by atoms with Crippen LogP contribution in [0.1, 0.15) is 31.4 Å². The molecule has 2 aromatic rings. The summed E-state index contributed by atoms with van der Waals surface area (Å²) in [6.07, 6.45) is 1.55. The Kier molecular flexibility index (Phi) is 6.63. The number of nitrogens with two attached hydrogens (primary N) is 1. The molecule has 122 valence electrons. The Morgan fingerprint density at radius 2 is 1.70 bits per heavy atom. The largest absolute Gasteiger partial charge is 0.491 e. The van der Waals surface area contributed by atoms with E-state index in [0.717, 1.165) is 17.7 Å². The Morgan fingerprint density at radius 1 is 1.09 bits per heavy atom. The molecule has 4 nitrogen and oxygen atoms in total. The van der Waals surface area contributed by atoms with Gasteiger partial charge in [0.05, 0.1) is 12.1 Å². The minimum absolute atomic E-state index is 0.141. The van der Waals surface area contributed by atoms with Crippen molar-refractivity contribution >= 4 is 5.91 Å². The third-order valence-corrected chi connectivity index (χ3v) is 3.61. The van der Waals surface area contributed by atoms with Crippen molar-refractivity contribution in [3.05, 3.63) is 66.2 Å². The fraction of sp³-hybridized carbons (Fsp3) is 0.316. The maximum atomic E-state index is 12.2. The lowest BCUT2D eigenvalue weighted by molar-refractivity contribution is -0.123. The number of carbonyl (C=O) groups is 1. The van der Waals surface area contributed by atoms with E-state index in [0.29, 0.717) is 13.0 Å². The number of rotatable bonds is 8. The SMILES string of the molecule is CCCC(N)C(=O)NC(COc1ccccc1)c1ccccc1. The Labute approximate surface area is 137 Å². The summed E-state index contributed by atoms with van der Waals surface area (Å²) < 4.78 is 5.81. The Hall–Kier alpha value is -2.33. The van der Waals surface area contributed by atoms with Crippen LogP contribution in [0.4, 0.5) is 0 Å². The molecule has 0 bridgehead atoms. The van der Waals surface area contributed by atoms with Crippen LogP contribution in [0.15, 0.2) is 60.7 Å². The normalized spacial score (nSPS) is 13.1. The van der Waals surface area contributed by atoms with E-state index >= 15 is 0 Å². The van der Waals surface area contributed by atoms with E-state index in [9.17, 15) is 4.79 Å². The summed E-state index contributed by atoms with van der Waals surface area (Å²) >= 11 is 0. The number of nitrogens with one attached hydrogen (secondary N) is 1. The molecule has 0 aromatic heterocycles. The molecular formula is C19H24N2O2. The molecule has 2 aromatic carbocycles. The van der Waals surface area contributed by atoms with E-state index in [1.807, 2.05) is 67.6 Å². The van der Waals surface area contributed by atoms with Gasteiger partial charge in [0.2, 0.25) is 5.91 Å². The Bertz CT molecular complexity index is 587. The van der Waals surface area contributed by atoms with E-state index in [-0.39, 0.29) is 11.9 Å². The quantitative estimate of drug-likeness (QED) is 0.787. The van der Waals surface area contributed by atoms with E-state index < -0.39 is 6.04 Å². The number of amides is 1. The summed E-state index contributed by atoms with van der Waals surface area (Å²) in [5.41, 5.74) is 6.91. The van der Waals surface area contributed by atoms with Crippen LogP contribution in [0.25, 0.3) is 0 Å². The molecule has 3 N–H and O–H groups in total. The zero-order chi connectivity index (χ0) is 16.5. The third-order valence-electron chi connectivity index (χ3n) is 3.61. The van der Waals surface area contributed by atoms with Gasteiger partial charge in [0, 0.05) is 0 Å². The molecule has 1 amide bonds. The van der Waals surface area contributed by atoms with Crippen LogP contribution in [0, 0.1) is 0 Å². The highest BCUT2D eigenvalue weighted by molar-refractivity contribution is 5.81. The highest BCUT2D eigenvalue weighted by Gasteiger charge is 2.19. The first-order valence-corrected chi connectivity index (χ1v) is 7.99. The van der Waals surface area contributed by atoms with Crippen LogP contribution < -0.4 is 15.8 Å². The summed E-state index contributed by atoms with van der Waals surface area (Å²) in [6.45, 7) is 2.37. The van der Waals surface area contributed by atoms with E-state index in [1.165, 1.54) is 0 Å². The van der Waals surface area contributed by atoms with Gasteiger partial charge in [-0.3, -0.25) is 4.79 Å². The average Bonchev–Trinajstić information content (AvgIpc) is 2.60. The van der Waals surface area contributed by atoms with Gasteiger partial charge in [-0.25, -0.2) is 0 Å². The van der Waals surface area contributed by atoms with Gasteiger partial charge in [-0.15, -0.1) is 0 Å². The predicted molar refractivity (Wildman–Crippen MR) is 92.1 cm³/mol. The fourth-order valence-corrected chi connectivity index (χ4v) is 2.32. The molecule has 0 saturated carbocycles. The van der Waals surface area contributed by atoms with Gasteiger partial charge in [0.25, 0.3) is 0 Å². The van der Waals surface area contributed by atoms with E-state index in [1.54, 1.807) is 0 Å². The highest BCUT2D eigenvalue weighted by atomic mass is 16.5. The minimum Gasteiger partial charge on any atom is -0.491 e. The molecule has 0 radical (unpaired) electrons. The maximum absolute atomic E-state index is 12.2. The lowest BCUT2D eigenvalue weighted by Crippen LogP contribution is -2.43. The Balaban J connectivity index is 2.05. The number of hydrogen-bond donors (Lipinski definition) is 2. The molecule has 4 heteroatoms. The standard InChI is InChI=1S/C19H24N2O2/c1-2-9-17(20)19(22)21-18(15-10-5-3-6-11-15)14-23-16-12-7-4-8-13-16/h3-8,10-13,17-18H,2,9,14,20H2,1H3,(H,21,22). The lowest BCUT2D eigenvalue weighted by Gasteiger charge is -2.22. The molecule has 2 rings (SSSR count). The second kappa shape index (κ2) is 8.96. The molecule has 0 aliphatic heterocycles. The number of para-hydroxylation sites is 1. The number of ether oxygens (including phenoxy) is 1. The van der Waals surface area contributed by atoms with E-state index in [4.69, 9.17) is 10.5 Å². The van der Waals surface area contributed by atoms with Crippen molar-refractivity contribution in [2.24, 2.45) is 5.73 Å². The molecular weight excluding hydrogens is 288 g/mol. The van der Waals surface area contributed by atoms with Gasteiger partial charge in [-0.05, 0) is 24.1 Å². The van der Waals surface area contributed by atoms with Gasteiger partial charge in [-0.2, -0.15) is 0 Å².